The summed E-state index contributed by atoms with van der Waals surface area (Å²) >= 11 is 0. The van der Waals surface area contributed by atoms with Crippen molar-refractivity contribution in [3.8, 4) is 5.75 Å². The highest BCUT2D eigenvalue weighted by molar-refractivity contribution is 5.28. The van der Waals surface area contributed by atoms with Crippen molar-refractivity contribution in [2.45, 2.75) is 47.5 Å². The molecule has 1 heteroatoms. The highest BCUT2D eigenvalue weighted by Crippen LogP contribution is 2.26. The van der Waals surface area contributed by atoms with Crippen LogP contribution in [0.25, 0.3) is 0 Å². The third kappa shape index (κ3) is 4.41. The first-order valence-electron chi connectivity index (χ1n) is 6.53. The summed E-state index contributed by atoms with van der Waals surface area (Å²) in [6.07, 6.45) is 0. The summed E-state index contributed by atoms with van der Waals surface area (Å²) in [5.74, 6) is 2.11. The van der Waals surface area contributed by atoms with Crippen LogP contribution in [-0.4, -0.2) is 6.61 Å². The van der Waals surface area contributed by atoms with Crippen LogP contribution >= 0.6 is 0 Å². The van der Waals surface area contributed by atoms with Gasteiger partial charge in [-0.25, -0.2) is 0 Å². The maximum atomic E-state index is 5.83. The number of rotatable bonds is 4. The lowest BCUT2D eigenvalue weighted by atomic mass is 9.83. The first-order valence-corrected chi connectivity index (χ1v) is 6.53. The molecule has 1 aromatic rings. The molecule has 0 saturated heterocycles. The van der Waals surface area contributed by atoms with Gasteiger partial charge in [0.05, 0.1) is 6.61 Å². The van der Waals surface area contributed by atoms with Gasteiger partial charge in [0, 0.05) is 0 Å². The maximum Gasteiger partial charge on any atom is 0.119 e. The van der Waals surface area contributed by atoms with E-state index in [0.29, 0.717) is 17.3 Å². The fourth-order valence-corrected chi connectivity index (χ4v) is 1.42. The van der Waals surface area contributed by atoms with Gasteiger partial charge in [0.15, 0.2) is 0 Å². The Morgan fingerprint density at radius 3 is 1.94 bits per heavy atom. The van der Waals surface area contributed by atoms with Gasteiger partial charge in [-0.1, -0.05) is 53.7 Å². The molecule has 17 heavy (non-hydrogen) atoms. The van der Waals surface area contributed by atoms with E-state index in [0.717, 1.165) is 12.4 Å². The minimum atomic E-state index is 0.303. The lowest BCUT2D eigenvalue weighted by molar-refractivity contribution is 0.161. The zero-order chi connectivity index (χ0) is 13.1. The predicted molar refractivity (Wildman–Crippen MR) is 74.6 cm³/mol. The Morgan fingerprint density at radius 2 is 1.53 bits per heavy atom. The van der Waals surface area contributed by atoms with Crippen LogP contribution in [0.5, 0.6) is 5.75 Å². The molecule has 0 fully saturated rings. The molecule has 1 rings (SSSR count). The van der Waals surface area contributed by atoms with Gasteiger partial charge in [-0.05, 0) is 34.9 Å². The molecule has 0 saturated carbocycles. The van der Waals surface area contributed by atoms with Crippen LogP contribution in [0.2, 0.25) is 0 Å². The summed E-state index contributed by atoms with van der Waals surface area (Å²) in [6.45, 7) is 14.2. The molecule has 0 amide bonds. The van der Waals surface area contributed by atoms with Gasteiger partial charge in [0.25, 0.3) is 0 Å². The van der Waals surface area contributed by atoms with Gasteiger partial charge in [0.2, 0.25) is 0 Å². The minimum Gasteiger partial charge on any atom is -0.493 e. The summed E-state index contributed by atoms with van der Waals surface area (Å²) in [5.41, 5.74) is 1.67. The van der Waals surface area contributed by atoms with Gasteiger partial charge in [-0.2, -0.15) is 0 Å². The second-order valence-electron chi connectivity index (χ2n) is 6.30. The number of benzene rings is 1. The number of ether oxygens (including phenoxy) is 1. The van der Waals surface area contributed by atoms with Crippen LogP contribution in [0.15, 0.2) is 24.3 Å². The average Bonchev–Trinajstić information content (AvgIpc) is 2.25. The molecule has 0 aliphatic carbocycles. The Bertz CT molecular complexity index is 330. The molecule has 0 aliphatic rings. The van der Waals surface area contributed by atoms with Crippen LogP contribution in [0.3, 0.4) is 0 Å². The topological polar surface area (TPSA) is 9.23 Å². The summed E-state index contributed by atoms with van der Waals surface area (Å²) in [5, 5.41) is 0. The first kappa shape index (κ1) is 14.1. The van der Waals surface area contributed by atoms with Crippen molar-refractivity contribution in [1.29, 1.82) is 0 Å². The number of hydrogen-bond donors (Lipinski definition) is 0. The highest BCUT2D eigenvalue weighted by Gasteiger charge is 2.20. The zero-order valence-corrected chi connectivity index (χ0v) is 12.1. The van der Waals surface area contributed by atoms with Crippen LogP contribution in [-0.2, 0) is 0 Å². The van der Waals surface area contributed by atoms with Crippen molar-refractivity contribution in [2.75, 3.05) is 6.61 Å². The lowest BCUT2D eigenvalue weighted by Crippen LogP contribution is -2.23. The molecule has 1 unspecified atom stereocenters. The Labute approximate surface area is 106 Å². The molecule has 0 aliphatic heterocycles. The summed E-state index contributed by atoms with van der Waals surface area (Å²) in [4.78, 5) is 0. The van der Waals surface area contributed by atoms with Crippen molar-refractivity contribution in [3.63, 3.8) is 0 Å². The van der Waals surface area contributed by atoms with E-state index in [9.17, 15) is 0 Å². The van der Waals surface area contributed by atoms with E-state index in [4.69, 9.17) is 4.74 Å². The van der Waals surface area contributed by atoms with Crippen LogP contribution in [0.1, 0.15) is 53.0 Å². The fourth-order valence-electron chi connectivity index (χ4n) is 1.42. The standard InChI is InChI=1S/C16H26O/c1-12(2)14-7-9-15(10-8-14)17-11-13(3)16(4,5)6/h7-10,12-13H,11H2,1-6H3. The van der Waals surface area contributed by atoms with E-state index in [1.807, 2.05) is 0 Å². The van der Waals surface area contributed by atoms with Gasteiger partial charge in [-0.3, -0.25) is 0 Å². The molecule has 96 valence electrons. The molecule has 0 radical (unpaired) electrons. The van der Waals surface area contributed by atoms with Gasteiger partial charge < -0.3 is 4.74 Å². The van der Waals surface area contributed by atoms with Crippen molar-refractivity contribution < 1.29 is 4.74 Å². The lowest BCUT2D eigenvalue weighted by Gasteiger charge is -2.27. The monoisotopic (exact) mass is 234 g/mol. The first-order chi connectivity index (χ1) is 7.80. The minimum absolute atomic E-state index is 0.303. The Morgan fingerprint density at radius 1 is 1.00 bits per heavy atom. The molecule has 1 atom stereocenters. The van der Waals surface area contributed by atoms with Crippen LogP contribution in [0, 0.1) is 11.3 Å². The smallest absolute Gasteiger partial charge is 0.119 e. The van der Waals surface area contributed by atoms with E-state index >= 15 is 0 Å². The molecule has 0 N–H and O–H groups in total. The second-order valence-corrected chi connectivity index (χ2v) is 6.30. The van der Waals surface area contributed by atoms with Gasteiger partial charge >= 0.3 is 0 Å². The molecule has 0 bridgehead atoms. The Kier molecular flexibility index (Phi) is 4.62. The third-order valence-electron chi connectivity index (χ3n) is 3.53. The third-order valence-corrected chi connectivity index (χ3v) is 3.53. The van der Waals surface area contributed by atoms with E-state index in [-0.39, 0.29) is 0 Å². The van der Waals surface area contributed by atoms with Crippen LogP contribution < -0.4 is 4.74 Å². The highest BCUT2D eigenvalue weighted by atomic mass is 16.5. The molecular weight excluding hydrogens is 208 g/mol. The Balaban J connectivity index is 2.53. The Hall–Kier alpha value is -0.980. The van der Waals surface area contributed by atoms with Crippen molar-refractivity contribution in [3.05, 3.63) is 29.8 Å². The molecule has 1 aromatic carbocycles. The van der Waals surface area contributed by atoms with Crippen molar-refractivity contribution in [2.24, 2.45) is 11.3 Å². The predicted octanol–water partition coefficient (Wildman–Crippen LogP) is 4.87. The zero-order valence-electron chi connectivity index (χ0n) is 12.1. The maximum absolute atomic E-state index is 5.83. The largest absolute Gasteiger partial charge is 0.493 e. The fraction of sp³-hybridized carbons (Fsp3) is 0.625. The SMILES string of the molecule is CC(C)c1ccc(OCC(C)C(C)(C)C)cc1. The normalized spacial score (nSPS) is 13.8. The van der Waals surface area contributed by atoms with Gasteiger partial charge in [0.1, 0.15) is 5.75 Å². The van der Waals surface area contributed by atoms with E-state index in [2.05, 4.69) is 65.8 Å². The number of hydrogen-bond acceptors (Lipinski definition) is 1. The molecule has 0 aromatic heterocycles. The van der Waals surface area contributed by atoms with Gasteiger partial charge in [-0.15, -0.1) is 0 Å². The molecule has 0 spiro atoms. The molecule has 1 nitrogen and oxygen atoms in total. The van der Waals surface area contributed by atoms with E-state index < -0.39 is 0 Å². The van der Waals surface area contributed by atoms with Crippen molar-refractivity contribution >= 4 is 0 Å². The quantitative estimate of drug-likeness (QED) is 0.722. The van der Waals surface area contributed by atoms with E-state index in [1.54, 1.807) is 0 Å². The summed E-state index contributed by atoms with van der Waals surface area (Å²) in [7, 11) is 0. The second kappa shape index (κ2) is 5.57. The van der Waals surface area contributed by atoms with E-state index in [1.165, 1.54) is 5.56 Å². The van der Waals surface area contributed by atoms with Crippen LogP contribution in [0.4, 0.5) is 0 Å². The molecular formula is C16H26O. The summed E-state index contributed by atoms with van der Waals surface area (Å²) < 4.78 is 5.83. The summed E-state index contributed by atoms with van der Waals surface area (Å²) in [6, 6.07) is 8.46. The average molecular weight is 234 g/mol. The molecule has 0 heterocycles. The van der Waals surface area contributed by atoms with Crippen molar-refractivity contribution in [1.82, 2.24) is 0 Å².